The Kier molecular flexibility index (Phi) is 2.36. The number of nitrogens with one attached hydrogen (secondary N) is 1. The number of hydrogen-bond donors (Lipinski definition) is 1. The van der Waals surface area contributed by atoms with E-state index in [1.165, 1.54) is 5.56 Å². The normalized spacial score (nSPS) is 29.1. The molecule has 1 aromatic carbocycles. The summed E-state index contributed by atoms with van der Waals surface area (Å²) >= 11 is 0. The minimum Gasteiger partial charge on any atom is -0.384 e. The third kappa shape index (κ3) is 1.59. The molecule has 2 nitrogen and oxygen atoms in total. The van der Waals surface area contributed by atoms with E-state index in [2.05, 4.69) is 17.3 Å². The molecule has 0 bridgehead atoms. The third-order valence-corrected chi connectivity index (χ3v) is 3.90. The molecule has 3 rings (SSSR count). The Morgan fingerprint density at radius 3 is 3.19 bits per heavy atom. The van der Waals surface area contributed by atoms with E-state index >= 15 is 0 Å². The third-order valence-electron chi connectivity index (χ3n) is 3.90. The molecule has 0 saturated carbocycles. The second-order valence-corrected chi connectivity index (χ2v) is 5.03. The molecule has 2 heterocycles. The topological polar surface area (TPSA) is 15.3 Å². The van der Waals surface area contributed by atoms with Crippen molar-refractivity contribution in [2.75, 3.05) is 32.0 Å². The van der Waals surface area contributed by atoms with Crippen LogP contribution in [-0.2, 0) is 0 Å². The molecule has 1 N–H and O–H groups in total. The summed E-state index contributed by atoms with van der Waals surface area (Å²) in [6, 6.07) is 5.13. The minimum absolute atomic E-state index is 0.111. The van der Waals surface area contributed by atoms with Gasteiger partial charge in [-0.1, -0.05) is 0 Å². The molecule has 2 aliphatic rings. The molecule has 2 aliphatic heterocycles. The summed E-state index contributed by atoms with van der Waals surface area (Å²) in [6.45, 7) is 3.26. The largest absolute Gasteiger partial charge is 0.384 e. The van der Waals surface area contributed by atoms with Crippen molar-refractivity contribution in [2.24, 2.45) is 5.92 Å². The van der Waals surface area contributed by atoms with Gasteiger partial charge in [-0.25, -0.2) is 4.39 Å². The van der Waals surface area contributed by atoms with Crippen LogP contribution in [0.1, 0.15) is 17.9 Å². The van der Waals surface area contributed by atoms with Crippen molar-refractivity contribution in [3.8, 4) is 0 Å². The van der Waals surface area contributed by atoms with E-state index in [4.69, 9.17) is 0 Å². The van der Waals surface area contributed by atoms with E-state index in [9.17, 15) is 4.39 Å². The molecule has 0 spiro atoms. The Morgan fingerprint density at radius 2 is 2.31 bits per heavy atom. The van der Waals surface area contributed by atoms with Gasteiger partial charge in [-0.3, -0.25) is 0 Å². The lowest BCUT2D eigenvalue weighted by molar-refractivity contribution is 0.187. The van der Waals surface area contributed by atoms with Crippen molar-refractivity contribution >= 4 is 5.69 Å². The summed E-state index contributed by atoms with van der Waals surface area (Å²) in [7, 11) is 2.16. The van der Waals surface area contributed by atoms with E-state index in [0.29, 0.717) is 11.8 Å². The number of rotatable bonds is 0. The Bertz CT molecular complexity index is 405. The number of benzene rings is 1. The fraction of sp³-hybridized carbons (Fsp3) is 0.538. The summed E-state index contributed by atoms with van der Waals surface area (Å²) in [5.41, 5.74) is 2.32. The van der Waals surface area contributed by atoms with Crippen LogP contribution in [-0.4, -0.2) is 31.6 Å². The predicted molar refractivity (Wildman–Crippen MR) is 63.2 cm³/mol. The molecule has 0 aromatic heterocycles. The van der Waals surface area contributed by atoms with E-state index < -0.39 is 0 Å². The average Bonchev–Trinajstić information content (AvgIpc) is 2.28. The van der Waals surface area contributed by atoms with Crippen LogP contribution in [0.2, 0.25) is 0 Å². The number of anilines is 1. The van der Waals surface area contributed by atoms with Crippen molar-refractivity contribution < 1.29 is 4.39 Å². The number of halogens is 1. The monoisotopic (exact) mass is 220 g/mol. The van der Waals surface area contributed by atoms with Crippen LogP contribution in [0.3, 0.4) is 0 Å². The second-order valence-electron chi connectivity index (χ2n) is 5.03. The van der Waals surface area contributed by atoms with Crippen molar-refractivity contribution in [1.29, 1.82) is 0 Å². The molecule has 16 heavy (non-hydrogen) atoms. The lowest BCUT2D eigenvalue weighted by atomic mass is 9.77. The fourth-order valence-corrected chi connectivity index (χ4v) is 3.07. The maximum absolute atomic E-state index is 13.3. The minimum atomic E-state index is -0.111. The summed E-state index contributed by atoms with van der Waals surface area (Å²) < 4.78 is 13.3. The highest BCUT2D eigenvalue weighted by Crippen LogP contribution is 2.40. The Hall–Kier alpha value is -1.09. The second kappa shape index (κ2) is 3.74. The van der Waals surface area contributed by atoms with E-state index in [1.54, 1.807) is 12.1 Å². The molecule has 3 heteroatoms. The summed E-state index contributed by atoms with van der Waals surface area (Å²) in [5.74, 6) is 1.07. The van der Waals surface area contributed by atoms with Gasteiger partial charge in [-0.2, -0.15) is 0 Å². The van der Waals surface area contributed by atoms with Gasteiger partial charge >= 0.3 is 0 Å². The summed E-state index contributed by atoms with van der Waals surface area (Å²) in [5, 5.41) is 3.42. The zero-order chi connectivity index (χ0) is 11.1. The number of hydrogen-bond acceptors (Lipinski definition) is 2. The number of piperidine rings is 1. The molecule has 1 fully saturated rings. The van der Waals surface area contributed by atoms with Gasteiger partial charge in [0.25, 0.3) is 0 Å². The molecule has 1 saturated heterocycles. The van der Waals surface area contributed by atoms with Gasteiger partial charge in [0, 0.05) is 18.8 Å². The highest BCUT2D eigenvalue weighted by Gasteiger charge is 2.33. The van der Waals surface area contributed by atoms with E-state index in [-0.39, 0.29) is 5.82 Å². The van der Waals surface area contributed by atoms with Crippen LogP contribution in [0, 0.1) is 11.7 Å². The molecule has 86 valence electrons. The van der Waals surface area contributed by atoms with Crippen molar-refractivity contribution in [1.82, 2.24) is 4.90 Å². The van der Waals surface area contributed by atoms with Crippen LogP contribution in [0.5, 0.6) is 0 Å². The van der Waals surface area contributed by atoms with Crippen LogP contribution in [0.15, 0.2) is 18.2 Å². The maximum atomic E-state index is 13.3. The highest BCUT2D eigenvalue weighted by atomic mass is 19.1. The first-order valence-electron chi connectivity index (χ1n) is 5.96. The Morgan fingerprint density at radius 1 is 1.44 bits per heavy atom. The molecular weight excluding hydrogens is 203 g/mol. The van der Waals surface area contributed by atoms with Crippen LogP contribution < -0.4 is 5.32 Å². The number of likely N-dealkylation sites (tertiary alicyclic amines) is 1. The van der Waals surface area contributed by atoms with Crippen molar-refractivity contribution in [3.63, 3.8) is 0 Å². The quantitative estimate of drug-likeness (QED) is 0.721. The molecule has 0 radical (unpaired) electrons. The molecular formula is C13H17FN2. The van der Waals surface area contributed by atoms with Gasteiger partial charge in [0.2, 0.25) is 0 Å². The standard InChI is InChI=1S/C13H17FN2/c1-16-5-4-11-9(8-16)7-15-13-3-2-10(14)6-12(11)13/h2-3,6,9,11,15H,4-5,7-8H2,1H3. The zero-order valence-corrected chi connectivity index (χ0v) is 9.54. The maximum Gasteiger partial charge on any atom is 0.123 e. The zero-order valence-electron chi connectivity index (χ0n) is 9.54. The first kappa shape index (κ1) is 10.1. The molecule has 0 aliphatic carbocycles. The van der Waals surface area contributed by atoms with Crippen molar-refractivity contribution in [2.45, 2.75) is 12.3 Å². The van der Waals surface area contributed by atoms with E-state index in [0.717, 1.165) is 31.7 Å². The molecule has 2 unspecified atom stereocenters. The molecule has 1 aromatic rings. The predicted octanol–water partition coefficient (Wildman–Crippen LogP) is 2.29. The lowest BCUT2D eigenvalue weighted by Crippen LogP contribution is -2.42. The average molecular weight is 220 g/mol. The SMILES string of the molecule is CN1CCC2c3cc(F)ccc3NCC2C1. The van der Waals surface area contributed by atoms with Gasteiger partial charge in [0.15, 0.2) is 0 Å². The van der Waals surface area contributed by atoms with Crippen molar-refractivity contribution in [3.05, 3.63) is 29.6 Å². The van der Waals surface area contributed by atoms with Crippen LogP contribution in [0.4, 0.5) is 10.1 Å². The van der Waals surface area contributed by atoms with Gasteiger partial charge in [-0.05, 0) is 55.6 Å². The first-order valence-corrected chi connectivity index (χ1v) is 5.96. The molecule has 0 amide bonds. The fourth-order valence-electron chi connectivity index (χ4n) is 3.07. The van der Waals surface area contributed by atoms with Gasteiger partial charge in [0.05, 0.1) is 0 Å². The summed E-state index contributed by atoms with van der Waals surface area (Å²) in [4.78, 5) is 2.37. The number of fused-ring (bicyclic) bond motifs is 3. The van der Waals surface area contributed by atoms with Gasteiger partial charge < -0.3 is 10.2 Å². The molecule has 2 atom stereocenters. The lowest BCUT2D eigenvalue weighted by Gasteiger charge is -2.41. The first-order chi connectivity index (χ1) is 7.74. The van der Waals surface area contributed by atoms with Crippen LogP contribution >= 0.6 is 0 Å². The highest BCUT2D eigenvalue weighted by molar-refractivity contribution is 5.55. The summed E-state index contributed by atoms with van der Waals surface area (Å²) in [6.07, 6.45) is 1.15. The number of nitrogens with zero attached hydrogens (tertiary/aromatic N) is 1. The van der Waals surface area contributed by atoms with Gasteiger partial charge in [0.1, 0.15) is 5.82 Å². The Balaban J connectivity index is 1.96. The van der Waals surface area contributed by atoms with Gasteiger partial charge in [-0.15, -0.1) is 0 Å². The Labute approximate surface area is 95.4 Å². The van der Waals surface area contributed by atoms with E-state index in [1.807, 2.05) is 6.07 Å². The van der Waals surface area contributed by atoms with Crippen LogP contribution in [0.25, 0.3) is 0 Å². The smallest absolute Gasteiger partial charge is 0.123 e.